The summed E-state index contributed by atoms with van der Waals surface area (Å²) in [5, 5.41) is 7.29. The minimum absolute atomic E-state index is 0.0332. The van der Waals surface area contributed by atoms with Crippen LogP contribution in [0, 0.1) is 11.8 Å². The van der Waals surface area contributed by atoms with Crippen molar-refractivity contribution >= 4 is 22.8 Å². The van der Waals surface area contributed by atoms with E-state index in [1.54, 1.807) is 18.3 Å². The third-order valence-corrected chi connectivity index (χ3v) is 2.46. The fourth-order valence-electron chi connectivity index (χ4n) is 1.64. The first-order valence-corrected chi connectivity index (χ1v) is 5.44. The van der Waals surface area contributed by atoms with Crippen LogP contribution < -0.4 is 5.73 Å². The molecule has 1 aromatic heterocycles. The van der Waals surface area contributed by atoms with E-state index in [4.69, 9.17) is 10.5 Å². The Hall–Kier alpha value is -2.81. The van der Waals surface area contributed by atoms with Gasteiger partial charge in [-0.1, -0.05) is 11.8 Å². The number of ether oxygens (including phenoxy) is 1. The van der Waals surface area contributed by atoms with Crippen molar-refractivity contribution in [3.05, 3.63) is 29.5 Å². The average Bonchev–Trinajstić information content (AvgIpc) is 2.84. The SMILES string of the molecule is COC(=O)c1cc(C#CCC(N)=O)cc2[nH]ncc12. The van der Waals surface area contributed by atoms with Gasteiger partial charge in [0, 0.05) is 10.9 Å². The lowest BCUT2D eigenvalue weighted by Gasteiger charge is -2.01. The van der Waals surface area contributed by atoms with E-state index >= 15 is 0 Å². The fraction of sp³-hybridized carbons (Fsp3) is 0.154. The topological polar surface area (TPSA) is 98.1 Å². The number of H-pyrrole nitrogens is 1. The lowest BCUT2D eigenvalue weighted by Crippen LogP contribution is -2.08. The van der Waals surface area contributed by atoms with Gasteiger partial charge in [0.15, 0.2) is 0 Å². The Morgan fingerprint density at radius 1 is 1.47 bits per heavy atom. The van der Waals surface area contributed by atoms with E-state index in [0.717, 1.165) is 0 Å². The van der Waals surface area contributed by atoms with Crippen molar-refractivity contribution in [1.29, 1.82) is 0 Å². The lowest BCUT2D eigenvalue weighted by molar-refractivity contribution is -0.117. The Bertz CT molecular complexity index is 707. The molecule has 0 aliphatic carbocycles. The number of carbonyl (C=O) groups excluding carboxylic acids is 2. The molecule has 0 saturated heterocycles. The van der Waals surface area contributed by atoms with Gasteiger partial charge in [-0.15, -0.1) is 0 Å². The maximum atomic E-state index is 11.7. The molecule has 0 radical (unpaired) electrons. The maximum absolute atomic E-state index is 11.7. The van der Waals surface area contributed by atoms with Crippen molar-refractivity contribution in [2.45, 2.75) is 6.42 Å². The van der Waals surface area contributed by atoms with Gasteiger partial charge in [0.1, 0.15) is 0 Å². The minimum atomic E-state index is -0.497. The van der Waals surface area contributed by atoms with E-state index in [9.17, 15) is 9.59 Å². The number of aromatic amines is 1. The number of carbonyl (C=O) groups is 2. The number of hydrogen-bond donors (Lipinski definition) is 2. The first-order chi connectivity index (χ1) is 9.11. The molecule has 2 rings (SSSR count). The third kappa shape index (κ3) is 2.72. The van der Waals surface area contributed by atoms with Crippen molar-refractivity contribution in [2.24, 2.45) is 5.73 Å². The quantitative estimate of drug-likeness (QED) is 0.607. The summed E-state index contributed by atoms with van der Waals surface area (Å²) < 4.78 is 4.71. The number of fused-ring (bicyclic) bond motifs is 1. The van der Waals surface area contributed by atoms with Crippen molar-refractivity contribution in [1.82, 2.24) is 10.2 Å². The molecule has 96 valence electrons. The van der Waals surface area contributed by atoms with Gasteiger partial charge in [-0.3, -0.25) is 9.89 Å². The average molecular weight is 257 g/mol. The van der Waals surface area contributed by atoms with Crippen LogP contribution in [0.2, 0.25) is 0 Å². The first kappa shape index (κ1) is 12.6. The molecular formula is C13H11N3O3. The normalized spacial score (nSPS) is 9.74. The molecule has 0 spiro atoms. The van der Waals surface area contributed by atoms with E-state index in [1.165, 1.54) is 7.11 Å². The molecule has 1 aromatic carbocycles. The van der Waals surface area contributed by atoms with Crippen molar-refractivity contribution in [3.63, 3.8) is 0 Å². The highest BCUT2D eigenvalue weighted by Crippen LogP contribution is 2.19. The summed E-state index contributed by atoms with van der Waals surface area (Å²) in [6, 6.07) is 3.33. The molecule has 6 heteroatoms. The molecule has 0 saturated carbocycles. The molecule has 0 atom stereocenters. The van der Waals surface area contributed by atoms with Gasteiger partial charge >= 0.3 is 5.97 Å². The summed E-state index contributed by atoms with van der Waals surface area (Å²) in [5.41, 5.74) is 6.63. The zero-order valence-electron chi connectivity index (χ0n) is 10.2. The van der Waals surface area contributed by atoms with Gasteiger partial charge < -0.3 is 10.5 Å². The standard InChI is InChI=1S/C13H11N3O3/c1-19-13(18)9-5-8(3-2-4-12(14)17)6-11-10(9)7-15-16-11/h5-7H,4H2,1H3,(H2,14,17)(H,15,16). The van der Waals surface area contributed by atoms with E-state index < -0.39 is 11.9 Å². The van der Waals surface area contributed by atoms with Crippen LogP contribution in [0.1, 0.15) is 22.3 Å². The smallest absolute Gasteiger partial charge is 0.338 e. The van der Waals surface area contributed by atoms with Crippen LogP contribution in [0.25, 0.3) is 10.9 Å². The number of nitrogens with zero attached hydrogens (tertiary/aromatic N) is 1. The number of primary amides is 1. The van der Waals surface area contributed by atoms with Crippen LogP contribution >= 0.6 is 0 Å². The number of benzene rings is 1. The Balaban J connectivity index is 2.48. The third-order valence-electron chi connectivity index (χ3n) is 2.46. The highest BCUT2D eigenvalue weighted by Gasteiger charge is 2.12. The van der Waals surface area contributed by atoms with Gasteiger partial charge in [-0.05, 0) is 12.1 Å². The van der Waals surface area contributed by atoms with E-state index in [0.29, 0.717) is 22.0 Å². The van der Waals surface area contributed by atoms with Crippen LogP contribution in [0.3, 0.4) is 0 Å². The van der Waals surface area contributed by atoms with Crippen LogP contribution in [0.15, 0.2) is 18.3 Å². The molecule has 1 heterocycles. The van der Waals surface area contributed by atoms with Gasteiger partial charge in [-0.25, -0.2) is 4.79 Å². The molecule has 0 unspecified atom stereocenters. The highest BCUT2D eigenvalue weighted by molar-refractivity contribution is 6.03. The Morgan fingerprint density at radius 3 is 2.95 bits per heavy atom. The molecule has 3 N–H and O–H groups in total. The number of esters is 1. The molecule has 0 aliphatic rings. The van der Waals surface area contributed by atoms with Gasteiger partial charge in [0.25, 0.3) is 0 Å². The number of amides is 1. The largest absolute Gasteiger partial charge is 0.465 e. The Morgan fingerprint density at radius 2 is 2.26 bits per heavy atom. The fourth-order valence-corrected chi connectivity index (χ4v) is 1.64. The second-order valence-corrected chi connectivity index (χ2v) is 3.79. The summed E-state index contributed by atoms with van der Waals surface area (Å²) in [5.74, 6) is 4.44. The monoisotopic (exact) mass is 257 g/mol. The molecule has 6 nitrogen and oxygen atoms in total. The van der Waals surface area contributed by atoms with E-state index in [-0.39, 0.29) is 6.42 Å². The lowest BCUT2D eigenvalue weighted by atomic mass is 10.1. The number of aromatic nitrogens is 2. The molecular weight excluding hydrogens is 246 g/mol. The van der Waals surface area contributed by atoms with Crippen molar-refractivity contribution < 1.29 is 14.3 Å². The summed E-state index contributed by atoms with van der Waals surface area (Å²) in [6.07, 6.45) is 1.51. The Labute approximate surface area is 108 Å². The molecule has 2 aromatic rings. The zero-order valence-corrected chi connectivity index (χ0v) is 10.2. The summed E-state index contributed by atoms with van der Waals surface area (Å²) in [6.45, 7) is 0. The number of rotatable bonds is 2. The molecule has 0 bridgehead atoms. The predicted octanol–water partition coefficient (Wildman–Crippen LogP) is 0.576. The number of methoxy groups -OCH3 is 1. The summed E-state index contributed by atoms with van der Waals surface area (Å²) in [7, 11) is 1.31. The number of hydrogen-bond acceptors (Lipinski definition) is 4. The summed E-state index contributed by atoms with van der Waals surface area (Å²) >= 11 is 0. The summed E-state index contributed by atoms with van der Waals surface area (Å²) in [4.78, 5) is 22.3. The second-order valence-electron chi connectivity index (χ2n) is 3.79. The van der Waals surface area contributed by atoms with Gasteiger partial charge in [-0.2, -0.15) is 5.10 Å². The first-order valence-electron chi connectivity index (χ1n) is 5.44. The van der Waals surface area contributed by atoms with Crippen LogP contribution in [-0.2, 0) is 9.53 Å². The van der Waals surface area contributed by atoms with Gasteiger partial charge in [0.2, 0.25) is 5.91 Å². The second kappa shape index (κ2) is 5.23. The van der Waals surface area contributed by atoms with E-state index in [2.05, 4.69) is 22.0 Å². The predicted molar refractivity (Wildman–Crippen MR) is 68.1 cm³/mol. The van der Waals surface area contributed by atoms with Crippen LogP contribution in [-0.4, -0.2) is 29.2 Å². The van der Waals surface area contributed by atoms with Crippen molar-refractivity contribution in [2.75, 3.05) is 7.11 Å². The molecule has 0 fully saturated rings. The van der Waals surface area contributed by atoms with Crippen LogP contribution in [0.4, 0.5) is 0 Å². The molecule has 19 heavy (non-hydrogen) atoms. The highest BCUT2D eigenvalue weighted by atomic mass is 16.5. The van der Waals surface area contributed by atoms with Crippen molar-refractivity contribution in [3.8, 4) is 11.8 Å². The molecule has 1 amide bonds. The molecule has 0 aliphatic heterocycles. The number of nitrogens with one attached hydrogen (secondary N) is 1. The van der Waals surface area contributed by atoms with Crippen LogP contribution in [0.5, 0.6) is 0 Å². The number of nitrogens with two attached hydrogens (primary N) is 1. The Kier molecular flexibility index (Phi) is 3.48. The zero-order chi connectivity index (χ0) is 13.8. The minimum Gasteiger partial charge on any atom is -0.465 e. The van der Waals surface area contributed by atoms with E-state index in [1.807, 2.05) is 0 Å². The van der Waals surface area contributed by atoms with Gasteiger partial charge in [0.05, 0.1) is 30.8 Å². The maximum Gasteiger partial charge on any atom is 0.338 e.